The van der Waals surface area contributed by atoms with Crippen molar-refractivity contribution in [2.75, 3.05) is 7.11 Å². The van der Waals surface area contributed by atoms with E-state index in [-0.39, 0.29) is 0 Å². The predicted octanol–water partition coefficient (Wildman–Crippen LogP) is 5.64. The second-order valence-electron chi connectivity index (χ2n) is 5.72. The monoisotopic (exact) mass is 287 g/mol. The van der Waals surface area contributed by atoms with Crippen molar-refractivity contribution in [3.63, 3.8) is 0 Å². The van der Waals surface area contributed by atoms with Gasteiger partial charge in [-0.2, -0.15) is 5.26 Å². The van der Waals surface area contributed by atoms with Crippen LogP contribution in [0.25, 0.3) is 0 Å². The zero-order chi connectivity index (χ0) is 15.3. The first-order valence-electron chi connectivity index (χ1n) is 8.38. The lowest BCUT2D eigenvalue weighted by Gasteiger charge is -2.08. The SMILES string of the molecule is CCCCCCCCCCCc1cc(C#N)ccc1OC. The largest absolute Gasteiger partial charge is 0.496 e. The first-order chi connectivity index (χ1) is 10.3. The lowest BCUT2D eigenvalue weighted by molar-refractivity contribution is 0.408. The molecule has 116 valence electrons. The fraction of sp³-hybridized carbons (Fsp3) is 0.632. The second kappa shape index (κ2) is 11.2. The fourth-order valence-corrected chi connectivity index (χ4v) is 2.67. The number of nitrogens with zero attached hydrogens (tertiary/aromatic N) is 1. The minimum absolute atomic E-state index is 0.724. The smallest absolute Gasteiger partial charge is 0.122 e. The average Bonchev–Trinajstić information content (AvgIpc) is 2.53. The number of methoxy groups -OCH3 is 1. The molecule has 0 aliphatic rings. The molecule has 0 bridgehead atoms. The zero-order valence-electron chi connectivity index (χ0n) is 13.7. The predicted molar refractivity (Wildman–Crippen MR) is 88.6 cm³/mol. The van der Waals surface area contributed by atoms with Crippen LogP contribution in [-0.4, -0.2) is 7.11 Å². The maximum absolute atomic E-state index is 8.97. The Morgan fingerprint density at radius 2 is 1.57 bits per heavy atom. The van der Waals surface area contributed by atoms with E-state index < -0.39 is 0 Å². The van der Waals surface area contributed by atoms with Crippen LogP contribution < -0.4 is 4.74 Å². The van der Waals surface area contributed by atoms with E-state index in [2.05, 4.69) is 13.0 Å². The van der Waals surface area contributed by atoms with Crippen molar-refractivity contribution in [3.8, 4) is 11.8 Å². The molecule has 1 aromatic carbocycles. The minimum atomic E-state index is 0.724. The number of hydrogen-bond acceptors (Lipinski definition) is 2. The van der Waals surface area contributed by atoms with E-state index in [4.69, 9.17) is 10.00 Å². The molecule has 1 aromatic rings. The summed E-state index contributed by atoms with van der Waals surface area (Å²) >= 11 is 0. The number of benzene rings is 1. The molecule has 0 atom stereocenters. The molecule has 0 spiro atoms. The number of unbranched alkanes of at least 4 members (excludes halogenated alkanes) is 8. The first-order valence-corrected chi connectivity index (χ1v) is 8.38. The highest BCUT2D eigenvalue weighted by Gasteiger charge is 2.04. The highest BCUT2D eigenvalue weighted by Crippen LogP contribution is 2.22. The van der Waals surface area contributed by atoms with Gasteiger partial charge < -0.3 is 4.74 Å². The Bertz CT molecular complexity index is 434. The highest BCUT2D eigenvalue weighted by molar-refractivity contribution is 5.42. The summed E-state index contributed by atoms with van der Waals surface area (Å²) in [5, 5.41) is 8.97. The number of hydrogen-bond donors (Lipinski definition) is 0. The van der Waals surface area contributed by atoms with Crippen LogP contribution in [-0.2, 0) is 6.42 Å². The molecular formula is C19H29NO. The molecule has 0 radical (unpaired) electrons. The van der Waals surface area contributed by atoms with E-state index in [1.807, 2.05) is 18.2 Å². The summed E-state index contributed by atoms with van der Waals surface area (Å²) in [5.74, 6) is 0.911. The van der Waals surface area contributed by atoms with E-state index in [1.165, 1.54) is 63.4 Å². The van der Waals surface area contributed by atoms with Crippen molar-refractivity contribution in [3.05, 3.63) is 29.3 Å². The lowest BCUT2D eigenvalue weighted by Crippen LogP contribution is -1.94. The van der Waals surface area contributed by atoms with Crippen LogP contribution >= 0.6 is 0 Å². The normalized spacial score (nSPS) is 10.3. The highest BCUT2D eigenvalue weighted by atomic mass is 16.5. The summed E-state index contributed by atoms with van der Waals surface area (Å²) in [5.41, 5.74) is 1.89. The number of ether oxygens (including phenoxy) is 1. The molecule has 0 saturated carbocycles. The van der Waals surface area contributed by atoms with E-state index in [1.54, 1.807) is 7.11 Å². The molecule has 0 saturated heterocycles. The minimum Gasteiger partial charge on any atom is -0.496 e. The quantitative estimate of drug-likeness (QED) is 0.493. The van der Waals surface area contributed by atoms with E-state index in [9.17, 15) is 0 Å². The molecule has 0 fully saturated rings. The maximum Gasteiger partial charge on any atom is 0.122 e. The van der Waals surface area contributed by atoms with Gasteiger partial charge in [0, 0.05) is 0 Å². The standard InChI is InChI=1S/C19H29NO/c1-3-4-5-6-7-8-9-10-11-12-18-15-17(16-20)13-14-19(18)21-2/h13-15H,3-12H2,1-2H3. The Hall–Kier alpha value is -1.49. The Kier molecular flexibility index (Phi) is 9.37. The molecule has 21 heavy (non-hydrogen) atoms. The maximum atomic E-state index is 8.97. The van der Waals surface area contributed by atoms with E-state index in [0.717, 1.165) is 17.7 Å². The van der Waals surface area contributed by atoms with Crippen molar-refractivity contribution >= 4 is 0 Å². The molecule has 0 aliphatic carbocycles. The van der Waals surface area contributed by atoms with Crippen LogP contribution in [0.4, 0.5) is 0 Å². The van der Waals surface area contributed by atoms with Crippen LogP contribution in [0.15, 0.2) is 18.2 Å². The number of rotatable bonds is 11. The summed E-state index contributed by atoms with van der Waals surface area (Å²) in [7, 11) is 1.70. The van der Waals surface area contributed by atoms with Gasteiger partial charge in [-0.15, -0.1) is 0 Å². The Balaban J connectivity index is 2.19. The van der Waals surface area contributed by atoms with Crippen molar-refractivity contribution in [1.82, 2.24) is 0 Å². The topological polar surface area (TPSA) is 33.0 Å². The lowest BCUT2D eigenvalue weighted by atomic mass is 10.0. The third kappa shape index (κ3) is 7.18. The molecule has 2 nitrogen and oxygen atoms in total. The first kappa shape index (κ1) is 17.6. The van der Waals surface area contributed by atoms with Gasteiger partial charge in [-0.05, 0) is 36.6 Å². The molecule has 0 unspecified atom stereocenters. The van der Waals surface area contributed by atoms with Gasteiger partial charge in [-0.3, -0.25) is 0 Å². The zero-order valence-corrected chi connectivity index (χ0v) is 13.7. The van der Waals surface area contributed by atoms with Crippen LogP contribution in [0, 0.1) is 11.3 Å². The summed E-state index contributed by atoms with van der Waals surface area (Å²) in [6, 6.07) is 7.88. The van der Waals surface area contributed by atoms with Crippen molar-refractivity contribution < 1.29 is 4.74 Å². The van der Waals surface area contributed by atoms with Crippen LogP contribution in [0.3, 0.4) is 0 Å². The molecule has 1 rings (SSSR count). The third-order valence-corrected chi connectivity index (χ3v) is 3.96. The van der Waals surface area contributed by atoms with Gasteiger partial charge in [0.1, 0.15) is 5.75 Å². The number of aryl methyl sites for hydroxylation is 1. The Labute approximate surface area is 130 Å². The van der Waals surface area contributed by atoms with Crippen molar-refractivity contribution in [1.29, 1.82) is 5.26 Å². The van der Waals surface area contributed by atoms with Gasteiger partial charge in [0.25, 0.3) is 0 Å². The van der Waals surface area contributed by atoms with Crippen LogP contribution in [0.5, 0.6) is 5.75 Å². The molecule has 0 aliphatic heterocycles. The average molecular weight is 287 g/mol. The van der Waals surface area contributed by atoms with Gasteiger partial charge in [-0.1, -0.05) is 58.3 Å². The van der Waals surface area contributed by atoms with Gasteiger partial charge in [0.15, 0.2) is 0 Å². The van der Waals surface area contributed by atoms with Gasteiger partial charge in [-0.25, -0.2) is 0 Å². The third-order valence-electron chi connectivity index (χ3n) is 3.96. The molecule has 2 heteroatoms. The van der Waals surface area contributed by atoms with E-state index >= 15 is 0 Å². The van der Waals surface area contributed by atoms with E-state index in [0.29, 0.717) is 0 Å². The molecule has 0 aromatic heterocycles. The summed E-state index contributed by atoms with van der Waals surface area (Å²) in [6.07, 6.45) is 13.0. The fourth-order valence-electron chi connectivity index (χ4n) is 2.67. The van der Waals surface area contributed by atoms with Gasteiger partial charge in [0.2, 0.25) is 0 Å². The summed E-state index contributed by atoms with van der Waals surface area (Å²) < 4.78 is 5.37. The number of nitriles is 1. The van der Waals surface area contributed by atoms with Gasteiger partial charge >= 0.3 is 0 Å². The van der Waals surface area contributed by atoms with Crippen molar-refractivity contribution in [2.24, 2.45) is 0 Å². The molecule has 0 N–H and O–H groups in total. The van der Waals surface area contributed by atoms with Gasteiger partial charge in [0.05, 0.1) is 18.7 Å². The van der Waals surface area contributed by atoms with Crippen LogP contribution in [0.1, 0.15) is 75.8 Å². The second-order valence-corrected chi connectivity index (χ2v) is 5.72. The molecule has 0 amide bonds. The summed E-state index contributed by atoms with van der Waals surface area (Å²) in [6.45, 7) is 2.26. The molecular weight excluding hydrogens is 258 g/mol. The van der Waals surface area contributed by atoms with Crippen LogP contribution in [0.2, 0.25) is 0 Å². The Morgan fingerprint density at radius 3 is 2.14 bits per heavy atom. The van der Waals surface area contributed by atoms with Crippen molar-refractivity contribution in [2.45, 2.75) is 71.1 Å². The molecule has 0 heterocycles. The summed E-state index contributed by atoms with van der Waals surface area (Å²) in [4.78, 5) is 0. The Morgan fingerprint density at radius 1 is 0.952 bits per heavy atom.